The van der Waals surface area contributed by atoms with Crippen LogP contribution < -0.4 is 14.2 Å². The SMILES string of the molecule is CCOc1cc(/C=C2/C(=N)N3N=C(S(C)(=O)=O)SC3=NC2=O)ccc1OCCOc1ccccc1C. The quantitative estimate of drug-likeness (QED) is 0.407. The molecular weight excluding hydrogens is 504 g/mol. The van der Waals surface area contributed by atoms with Gasteiger partial charge in [-0.05, 0) is 61.0 Å². The molecule has 0 spiro atoms. The molecule has 2 aromatic carbocycles. The third kappa shape index (κ3) is 5.60. The van der Waals surface area contributed by atoms with Crippen molar-refractivity contribution in [2.24, 2.45) is 10.1 Å². The lowest BCUT2D eigenvalue weighted by Crippen LogP contribution is -2.35. The Bertz CT molecular complexity index is 1420. The highest BCUT2D eigenvalue weighted by Crippen LogP contribution is 2.32. The molecule has 0 bridgehead atoms. The van der Waals surface area contributed by atoms with E-state index in [2.05, 4.69) is 10.1 Å². The molecule has 188 valence electrons. The van der Waals surface area contributed by atoms with E-state index in [0.717, 1.165) is 34.3 Å². The Morgan fingerprint density at radius 2 is 1.78 bits per heavy atom. The van der Waals surface area contributed by atoms with Crippen LogP contribution in [-0.4, -0.2) is 60.8 Å². The Morgan fingerprint density at radius 1 is 1.06 bits per heavy atom. The number of thioether (sulfide) groups is 1. The normalized spacial score (nSPS) is 16.5. The van der Waals surface area contributed by atoms with Gasteiger partial charge in [-0.2, -0.15) is 10.0 Å². The van der Waals surface area contributed by atoms with Gasteiger partial charge >= 0.3 is 0 Å². The summed E-state index contributed by atoms with van der Waals surface area (Å²) in [5.74, 6) is 0.855. The summed E-state index contributed by atoms with van der Waals surface area (Å²) in [5.41, 5.74) is 1.59. The van der Waals surface area contributed by atoms with Gasteiger partial charge in [0.1, 0.15) is 19.0 Å². The molecule has 12 heteroatoms. The zero-order chi connectivity index (χ0) is 25.9. The summed E-state index contributed by atoms with van der Waals surface area (Å²) < 4.78 is 40.7. The van der Waals surface area contributed by atoms with Crippen molar-refractivity contribution in [2.45, 2.75) is 13.8 Å². The number of hydrazone groups is 1. The molecule has 36 heavy (non-hydrogen) atoms. The number of benzene rings is 2. The third-order valence-corrected chi connectivity index (χ3v) is 7.60. The van der Waals surface area contributed by atoms with Gasteiger partial charge in [-0.15, -0.1) is 5.10 Å². The number of carbonyl (C=O) groups excluding carboxylic acids is 1. The summed E-state index contributed by atoms with van der Waals surface area (Å²) in [5, 5.41) is 13.4. The van der Waals surface area contributed by atoms with Crippen LogP contribution in [0.4, 0.5) is 0 Å². The second kappa shape index (κ2) is 10.5. The van der Waals surface area contributed by atoms with Crippen LogP contribution in [0.5, 0.6) is 17.2 Å². The molecule has 0 radical (unpaired) electrons. The van der Waals surface area contributed by atoms with Crippen LogP contribution >= 0.6 is 11.8 Å². The zero-order valence-corrected chi connectivity index (χ0v) is 21.5. The number of ether oxygens (including phenoxy) is 3. The number of para-hydroxylation sites is 1. The average Bonchev–Trinajstić information content (AvgIpc) is 3.27. The Labute approximate surface area is 213 Å². The van der Waals surface area contributed by atoms with Gasteiger partial charge in [-0.25, -0.2) is 8.42 Å². The maximum absolute atomic E-state index is 12.6. The maximum Gasteiger partial charge on any atom is 0.283 e. The van der Waals surface area contributed by atoms with Crippen molar-refractivity contribution >= 4 is 49.0 Å². The van der Waals surface area contributed by atoms with Crippen LogP contribution in [0.3, 0.4) is 0 Å². The Balaban J connectivity index is 1.50. The predicted octanol–water partition coefficient (Wildman–Crippen LogP) is 3.47. The zero-order valence-electron chi connectivity index (χ0n) is 19.8. The molecule has 0 atom stereocenters. The van der Waals surface area contributed by atoms with Crippen molar-refractivity contribution in [2.75, 3.05) is 26.1 Å². The highest BCUT2D eigenvalue weighted by Gasteiger charge is 2.38. The number of hydrogen-bond donors (Lipinski definition) is 1. The number of carbonyl (C=O) groups is 1. The van der Waals surface area contributed by atoms with Gasteiger partial charge in [0.2, 0.25) is 19.4 Å². The van der Waals surface area contributed by atoms with Crippen LogP contribution in [0.2, 0.25) is 0 Å². The minimum absolute atomic E-state index is 0.0272. The molecule has 2 aliphatic rings. The number of aliphatic imine (C=N–C) groups is 1. The fourth-order valence-electron chi connectivity index (χ4n) is 3.31. The molecule has 4 rings (SSSR count). The predicted molar refractivity (Wildman–Crippen MR) is 140 cm³/mol. The number of amides is 1. The van der Waals surface area contributed by atoms with Gasteiger partial charge in [0.05, 0.1) is 12.2 Å². The molecule has 0 saturated heterocycles. The Kier molecular flexibility index (Phi) is 7.45. The smallest absolute Gasteiger partial charge is 0.283 e. The number of rotatable bonds is 8. The van der Waals surface area contributed by atoms with E-state index in [1.807, 2.05) is 38.1 Å². The summed E-state index contributed by atoms with van der Waals surface area (Å²) in [4.78, 5) is 16.5. The molecule has 0 aliphatic carbocycles. The van der Waals surface area contributed by atoms with E-state index in [4.69, 9.17) is 19.6 Å². The van der Waals surface area contributed by atoms with Crippen LogP contribution in [0.25, 0.3) is 6.08 Å². The number of fused-ring (bicyclic) bond motifs is 1. The molecule has 1 N–H and O–H groups in total. The van der Waals surface area contributed by atoms with Crippen molar-refractivity contribution in [3.63, 3.8) is 0 Å². The van der Waals surface area contributed by atoms with Gasteiger partial charge in [-0.1, -0.05) is 24.3 Å². The fourth-order valence-corrected chi connectivity index (χ4v) is 5.00. The fraction of sp³-hybridized carbons (Fsp3) is 0.250. The van der Waals surface area contributed by atoms with Gasteiger partial charge in [0.25, 0.3) is 5.91 Å². The van der Waals surface area contributed by atoms with E-state index < -0.39 is 15.7 Å². The van der Waals surface area contributed by atoms with Crippen LogP contribution in [0, 0.1) is 12.3 Å². The van der Waals surface area contributed by atoms with Gasteiger partial charge in [-0.3, -0.25) is 10.2 Å². The number of amidine groups is 2. The highest BCUT2D eigenvalue weighted by atomic mass is 32.3. The lowest BCUT2D eigenvalue weighted by molar-refractivity contribution is -0.114. The Morgan fingerprint density at radius 3 is 2.47 bits per heavy atom. The summed E-state index contributed by atoms with van der Waals surface area (Å²) in [6.07, 6.45) is 2.49. The van der Waals surface area contributed by atoms with Crippen LogP contribution in [-0.2, 0) is 14.6 Å². The van der Waals surface area contributed by atoms with Crippen molar-refractivity contribution in [3.8, 4) is 17.2 Å². The maximum atomic E-state index is 12.6. The van der Waals surface area contributed by atoms with E-state index in [1.54, 1.807) is 18.2 Å². The molecule has 0 aromatic heterocycles. The van der Waals surface area contributed by atoms with Gasteiger partial charge in [0, 0.05) is 6.26 Å². The minimum Gasteiger partial charge on any atom is -0.490 e. The molecule has 2 aliphatic heterocycles. The molecule has 10 nitrogen and oxygen atoms in total. The first-order valence-electron chi connectivity index (χ1n) is 11.0. The summed E-state index contributed by atoms with van der Waals surface area (Å²) >= 11 is 0.739. The monoisotopic (exact) mass is 528 g/mol. The number of hydrogen-bond acceptors (Lipinski definition) is 9. The first kappa shape index (κ1) is 25.5. The number of nitrogens with one attached hydrogen (secondary N) is 1. The average molecular weight is 529 g/mol. The standard InChI is InChI=1S/C24H24N4O6S2/c1-4-32-20-14-16(9-10-19(20)34-12-11-33-18-8-6-5-7-15(18)2)13-17-21(25)28-23(26-22(17)29)35-24(27-28)36(3,30)31/h5-10,13-14,25H,4,11-12H2,1-3H3/b17-13-,25-21?. The van der Waals surface area contributed by atoms with Gasteiger partial charge in [0.15, 0.2) is 17.3 Å². The van der Waals surface area contributed by atoms with E-state index in [1.165, 1.54) is 6.08 Å². The number of aryl methyl sites for hydroxylation is 1. The van der Waals surface area contributed by atoms with E-state index in [9.17, 15) is 13.2 Å². The second-order valence-corrected chi connectivity index (χ2v) is 10.9. The van der Waals surface area contributed by atoms with Crippen molar-refractivity contribution in [3.05, 3.63) is 59.2 Å². The third-order valence-electron chi connectivity index (χ3n) is 5.02. The molecule has 0 fully saturated rings. The minimum atomic E-state index is -3.60. The molecule has 1 amide bonds. The van der Waals surface area contributed by atoms with Gasteiger partial charge < -0.3 is 14.2 Å². The number of sulfone groups is 1. The molecule has 0 saturated carbocycles. The molecule has 0 unspecified atom stereocenters. The lowest BCUT2D eigenvalue weighted by atomic mass is 10.1. The summed E-state index contributed by atoms with van der Waals surface area (Å²) in [6, 6.07) is 12.8. The van der Waals surface area contributed by atoms with Crippen molar-refractivity contribution in [1.29, 1.82) is 5.41 Å². The molecule has 2 aromatic rings. The van der Waals surface area contributed by atoms with Crippen molar-refractivity contribution in [1.82, 2.24) is 5.01 Å². The van der Waals surface area contributed by atoms with Crippen LogP contribution in [0.1, 0.15) is 18.1 Å². The first-order chi connectivity index (χ1) is 17.2. The molecule has 2 heterocycles. The van der Waals surface area contributed by atoms with E-state index >= 15 is 0 Å². The highest BCUT2D eigenvalue weighted by molar-refractivity contribution is 8.42. The Hall–Kier alpha value is -3.64. The van der Waals surface area contributed by atoms with Crippen molar-refractivity contribution < 1.29 is 27.4 Å². The second-order valence-electron chi connectivity index (χ2n) is 7.76. The van der Waals surface area contributed by atoms with E-state index in [0.29, 0.717) is 36.9 Å². The number of nitrogens with zero attached hydrogens (tertiary/aromatic N) is 3. The summed E-state index contributed by atoms with van der Waals surface area (Å²) in [7, 11) is -3.60. The van der Waals surface area contributed by atoms with Crippen LogP contribution in [0.15, 0.2) is 58.1 Å². The topological polar surface area (TPSA) is 131 Å². The first-order valence-corrected chi connectivity index (χ1v) is 13.7. The lowest BCUT2D eigenvalue weighted by Gasteiger charge is -2.20. The largest absolute Gasteiger partial charge is 0.490 e. The van der Waals surface area contributed by atoms with E-state index in [-0.39, 0.29) is 21.0 Å². The summed E-state index contributed by atoms with van der Waals surface area (Å²) in [6.45, 7) is 4.85. The molecular formula is C24H24N4O6S2.